The maximum absolute atomic E-state index is 5.37. The summed E-state index contributed by atoms with van der Waals surface area (Å²) in [4.78, 5) is 7.21. The first-order chi connectivity index (χ1) is 12.3. The number of ether oxygens (including phenoxy) is 1. The van der Waals surface area contributed by atoms with Gasteiger partial charge in [-0.15, -0.1) is 0 Å². The number of guanidine groups is 1. The van der Waals surface area contributed by atoms with Crippen molar-refractivity contribution in [2.24, 2.45) is 10.9 Å². The standard InChI is InChI=1S/C20H32N4O/c1-3-21-20(22-12-11-16-9-10-16)23-17-6-5-13-24(15-17)18-7-4-8-19(14-18)25-2/h4,7-8,14,16-17H,3,5-6,9-13,15H2,1-2H3,(H2,21,22,23). The van der Waals surface area contributed by atoms with Crippen molar-refractivity contribution in [3.05, 3.63) is 24.3 Å². The molecule has 1 heterocycles. The smallest absolute Gasteiger partial charge is 0.191 e. The summed E-state index contributed by atoms with van der Waals surface area (Å²) < 4.78 is 5.37. The summed E-state index contributed by atoms with van der Waals surface area (Å²) in [6, 6.07) is 8.78. The van der Waals surface area contributed by atoms with Crippen molar-refractivity contribution in [2.45, 2.75) is 45.1 Å². The molecule has 0 bridgehead atoms. The minimum atomic E-state index is 0.429. The van der Waals surface area contributed by atoms with E-state index in [1.54, 1.807) is 7.11 Å². The number of hydrogen-bond donors (Lipinski definition) is 2. The van der Waals surface area contributed by atoms with E-state index in [2.05, 4.69) is 40.7 Å². The number of benzene rings is 1. The predicted molar refractivity (Wildman–Crippen MR) is 105 cm³/mol. The molecule has 2 aliphatic rings. The molecule has 138 valence electrons. The van der Waals surface area contributed by atoms with Gasteiger partial charge in [0, 0.05) is 44.0 Å². The Morgan fingerprint density at radius 3 is 2.96 bits per heavy atom. The van der Waals surface area contributed by atoms with E-state index in [1.807, 2.05) is 6.07 Å². The highest BCUT2D eigenvalue weighted by Gasteiger charge is 2.22. The first kappa shape index (κ1) is 17.9. The highest BCUT2D eigenvalue weighted by molar-refractivity contribution is 5.80. The summed E-state index contributed by atoms with van der Waals surface area (Å²) in [5.41, 5.74) is 1.24. The van der Waals surface area contributed by atoms with Gasteiger partial charge in [0.25, 0.3) is 0 Å². The van der Waals surface area contributed by atoms with E-state index >= 15 is 0 Å². The van der Waals surface area contributed by atoms with Gasteiger partial charge in [-0.05, 0) is 44.2 Å². The number of methoxy groups -OCH3 is 1. The summed E-state index contributed by atoms with van der Waals surface area (Å²) in [7, 11) is 1.72. The Hall–Kier alpha value is -1.91. The fourth-order valence-electron chi connectivity index (χ4n) is 3.42. The number of anilines is 1. The lowest BCUT2D eigenvalue weighted by Gasteiger charge is -2.35. The zero-order valence-corrected chi connectivity index (χ0v) is 15.6. The lowest BCUT2D eigenvalue weighted by atomic mass is 10.0. The number of piperidine rings is 1. The Morgan fingerprint density at radius 1 is 1.32 bits per heavy atom. The van der Waals surface area contributed by atoms with Crippen molar-refractivity contribution in [1.29, 1.82) is 0 Å². The van der Waals surface area contributed by atoms with Gasteiger partial charge in [-0.2, -0.15) is 0 Å². The Balaban J connectivity index is 1.56. The van der Waals surface area contributed by atoms with Gasteiger partial charge in [0.1, 0.15) is 5.75 Å². The molecule has 0 amide bonds. The van der Waals surface area contributed by atoms with Crippen LogP contribution in [0.1, 0.15) is 39.0 Å². The van der Waals surface area contributed by atoms with Crippen LogP contribution in [-0.4, -0.2) is 45.3 Å². The maximum Gasteiger partial charge on any atom is 0.191 e. The van der Waals surface area contributed by atoms with Gasteiger partial charge in [0.15, 0.2) is 5.96 Å². The second kappa shape index (κ2) is 8.97. The maximum atomic E-state index is 5.37. The Bertz CT molecular complexity index is 571. The molecule has 1 saturated heterocycles. The van der Waals surface area contributed by atoms with Gasteiger partial charge >= 0.3 is 0 Å². The van der Waals surface area contributed by atoms with Crippen LogP contribution in [-0.2, 0) is 0 Å². The summed E-state index contributed by atoms with van der Waals surface area (Å²) in [6.45, 7) is 6.07. The first-order valence-electron chi connectivity index (χ1n) is 9.72. The molecule has 2 N–H and O–H groups in total. The minimum absolute atomic E-state index is 0.429. The van der Waals surface area contributed by atoms with E-state index in [9.17, 15) is 0 Å². The fourth-order valence-corrected chi connectivity index (χ4v) is 3.42. The third kappa shape index (κ3) is 5.55. The summed E-state index contributed by atoms with van der Waals surface area (Å²) >= 11 is 0. The quantitative estimate of drug-likeness (QED) is 0.590. The number of nitrogens with one attached hydrogen (secondary N) is 2. The minimum Gasteiger partial charge on any atom is -0.497 e. The van der Waals surface area contributed by atoms with E-state index < -0.39 is 0 Å². The normalized spacial score (nSPS) is 21.1. The second-order valence-electron chi connectivity index (χ2n) is 7.12. The van der Waals surface area contributed by atoms with Crippen LogP contribution in [0.5, 0.6) is 5.75 Å². The molecule has 1 atom stereocenters. The van der Waals surface area contributed by atoms with Crippen LogP contribution in [0.2, 0.25) is 0 Å². The number of hydrogen-bond acceptors (Lipinski definition) is 3. The van der Waals surface area contributed by atoms with Crippen LogP contribution in [0, 0.1) is 5.92 Å². The van der Waals surface area contributed by atoms with Crippen molar-refractivity contribution in [1.82, 2.24) is 10.6 Å². The van der Waals surface area contributed by atoms with E-state index in [4.69, 9.17) is 9.73 Å². The van der Waals surface area contributed by atoms with Gasteiger partial charge in [0.05, 0.1) is 7.11 Å². The Morgan fingerprint density at radius 2 is 2.20 bits per heavy atom. The van der Waals surface area contributed by atoms with Gasteiger partial charge in [0.2, 0.25) is 0 Å². The van der Waals surface area contributed by atoms with Crippen LogP contribution in [0.4, 0.5) is 5.69 Å². The molecule has 1 saturated carbocycles. The van der Waals surface area contributed by atoms with E-state index in [-0.39, 0.29) is 0 Å². The highest BCUT2D eigenvalue weighted by Crippen LogP contribution is 2.32. The van der Waals surface area contributed by atoms with Crippen LogP contribution < -0.4 is 20.3 Å². The van der Waals surface area contributed by atoms with Crippen molar-refractivity contribution < 1.29 is 4.74 Å². The second-order valence-corrected chi connectivity index (χ2v) is 7.12. The molecule has 1 aromatic rings. The average molecular weight is 345 g/mol. The third-order valence-electron chi connectivity index (χ3n) is 5.03. The molecule has 2 fully saturated rings. The predicted octanol–water partition coefficient (Wildman–Crippen LogP) is 3.02. The lowest BCUT2D eigenvalue weighted by molar-refractivity contribution is 0.414. The molecule has 1 aliphatic heterocycles. The molecule has 0 spiro atoms. The first-order valence-corrected chi connectivity index (χ1v) is 9.72. The van der Waals surface area contributed by atoms with Crippen molar-refractivity contribution >= 4 is 11.6 Å². The van der Waals surface area contributed by atoms with Gasteiger partial charge < -0.3 is 20.3 Å². The van der Waals surface area contributed by atoms with E-state index in [0.29, 0.717) is 6.04 Å². The largest absolute Gasteiger partial charge is 0.497 e. The SMILES string of the molecule is CCNC(=NCCC1CC1)NC1CCCN(c2cccc(OC)c2)C1. The molecule has 5 nitrogen and oxygen atoms in total. The van der Waals surface area contributed by atoms with Gasteiger partial charge in [-0.3, -0.25) is 4.99 Å². The van der Waals surface area contributed by atoms with Gasteiger partial charge in [-0.1, -0.05) is 18.9 Å². The molecular weight excluding hydrogens is 312 g/mol. The van der Waals surface area contributed by atoms with E-state index in [0.717, 1.165) is 43.8 Å². The van der Waals surface area contributed by atoms with E-state index in [1.165, 1.54) is 37.8 Å². The number of nitrogens with zero attached hydrogens (tertiary/aromatic N) is 2. The molecule has 1 unspecified atom stereocenters. The molecule has 5 heteroatoms. The monoisotopic (exact) mass is 344 g/mol. The summed E-state index contributed by atoms with van der Waals surface area (Å²) in [6.07, 6.45) is 6.41. The van der Waals surface area contributed by atoms with Crippen molar-refractivity contribution in [2.75, 3.05) is 38.2 Å². The molecular formula is C20H32N4O. The fraction of sp³-hybridized carbons (Fsp3) is 0.650. The van der Waals surface area contributed by atoms with Crippen molar-refractivity contribution in [3.63, 3.8) is 0 Å². The molecule has 0 aromatic heterocycles. The average Bonchev–Trinajstić information content (AvgIpc) is 3.46. The molecule has 25 heavy (non-hydrogen) atoms. The zero-order valence-electron chi connectivity index (χ0n) is 15.6. The van der Waals surface area contributed by atoms with Crippen molar-refractivity contribution in [3.8, 4) is 5.75 Å². The Labute approximate surface area is 151 Å². The number of aliphatic imine (C=N–C) groups is 1. The Kier molecular flexibility index (Phi) is 6.42. The molecule has 1 aromatic carbocycles. The lowest BCUT2D eigenvalue weighted by Crippen LogP contribution is -2.51. The number of rotatable bonds is 7. The van der Waals surface area contributed by atoms with Crippen LogP contribution in [0.3, 0.4) is 0 Å². The zero-order chi connectivity index (χ0) is 17.5. The molecule has 3 rings (SSSR count). The van der Waals surface area contributed by atoms with Crippen LogP contribution in [0.15, 0.2) is 29.3 Å². The van der Waals surface area contributed by atoms with Crippen LogP contribution in [0.25, 0.3) is 0 Å². The summed E-state index contributed by atoms with van der Waals surface area (Å²) in [5.74, 6) is 2.83. The highest BCUT2D eigenvalue weighted by atomic mass is 16.5. The summed E-state index contributed by atoms with van der Waals surface area (Å²) in [5, 5.41) is 7.04. The van der Waals surface area contributed by atoms with Gasteiger partial charge in [-0.25, -0.2) is 0 Å². The molecule has 1 aliphatic carbocycles. The molecule has 0 radical (unpaired) electrons. The topological polar surface area (TPSA) is 48.9 Å². The van der Waals surface area contributed by atoms with Crippen LogP contribution >= 0.6 is 0 Å². The third-order valence-corrected chi connectivity index (χ3v) is 5.03.